The molecule has 69 heavy (non-hydrogen) atoms. The summed E-state index contributed by atoms with van der Waals surface area (Å²) in [7, 11) is 0. The number of hydrogen-bond donors (Lipinski definition) is 0. The van der Waals surface area contributed by atoms with E-state index in [2.05, 4.69) is 167 Å². The van der Waals surface area contributed by atoms with Crippen LogP contribution in [0, 0.1) is 0 Å². The molecule has 0 N–H and O–H groups in total. The van der Waals surface area contributed by atoms with Crippen molar-refractivity contribution in [1.82, 2.24) is 19.5 Å². The van der Waals surface area contributed by atoms with Gasteiger partial charge in [-0.25, -0.2) is 15.0 Å². The van der Waals surface area contributed by atoms with Gasteiger partial charge in [0.05, 0.1) is 11.0 Å². The predicted molar refractivity (Wildman–Crippen MR) is 282 cm³/mol. The van der Waals surface area contributed by atoms with Gasteiger partial charge in [-0.1, -0.05) is 146 Å². The number of benzene rings is 9. The van der Waals surface area contributed by atoms with E-state index in [4.69, 9.17) is 19.4 Å². The third kappa shape index (κ3) is 6.45. The fourth-order valence-corrected chi connectivity index (χ4v) is 10.7. The second-order valence-electron chi connectivity index (χ2n) is 17.9. The summed E-state index contributed by atoms with van der Waals surface area (Å²) in [5.74, 6) is 2.15. The largest absolute Gasteiger partial charge is 0.456 e. The SMILES string of the molecule is C1=CCC2C(=C1)N(c1ccccc1)c1ccc(-c3ccc4c(c3)c3cc(-c5ccc6oc7cccc(-c8nc(-c9ccccc9)nc(-c9ccccc9)n8)c7c6c5)ccc3n4-c3ccccc3)cc12. The first-order valence-electron chi connectivity index (χ1n) is 23.5. The predicted octanol–water partition coefficient (Wildman–Crippen LogP) is 16.3. The second-order valence-corrected chi connectivity index (χ2v) is 17.9. The number of rotatable bonds is 7. The van der Waals surface area contributed by atoms with E-state index in [9.17, 15) is 0 Å². The van der Waals surface area contributed by atoms with E-state index in [1.807, 2.05) is 72.8 Å². The minimum absolute atomic E-state index is 0.313. The summed E-state index contributed by atoms with van der Waals surface area (Å²) in [6.07, 6.45) is 7.77. The van der Waals surface area contributed by atoms with Gasteiger partial charge in [-0.05, 0) is 119 Å². The van der Waals surface area contributed by atoms with Gasteiger partial charge in [-0.3, -0.25) is 0 Å². The van der Waals surface area contributed by atoms with E-state index in [0.717, 1.165) is 67.4 Å². The molecule has 1 aliphatic carbocycles. The highest BCUT2D eigenvalue weighted by atomic mass is 16.3. The van der Waals surface area contributed by atoms with Gasteiger partial charge in [0.2, 0.25) is 0 Å². The van der Waals surface area contributed by atoms with Crippen LogP contribution in [0.3, 0.4) is 0 Å². The van der Waals surface area contributed by atoms with Crippen LogP contribution < -0.4 is 4.90 Å². The number of nitrogens with zero attached hydrogens (tertiary/aromatic N) is 5. The highest BCUT2D eigenvalue weighted by Crippen LogP contribution is 2.52. The molecular weight excluding hydrogens is 843 g/mol. The van der Waals surface area contributed by atoms with Crippen LogP contribution in [-0.4, -0.2) is 19.5 Å². The Bertz CT molecular complexity index is 3980. The van der Waals surface area contributed by atoms with Crippen molar-refractivity contribution >= 4 is 55.1 Å². The summed E-state index contributed by atoms with van der Waals surface area (Å²) in [4.78, 5) is 17.6. The van der Waals surface area contributed by atoms with Crippen molar-refractivity contribution in [1.29, 1.82) is 0 Å². The zero-order chi connectivity index (χ0) is 45.4. The first-order valence-corrected chi connectivity index (χ1v) is 23.5. The molecule has 0 saturated carbocycles. The monoisotopic (exact) mass is 883 g/mol. The molecule has 12 aromatic rings. The lowest BCUT2D eigenvalue weighted by Gasteiger charge is -2.24. The molecule has 1 atom stereocenters. The molecule has 0 fully saturated rings. The molecule has 324 valence electrons. The highest BCUT2D eigenvalue weighted by Gasteiger charge is 2.35. The fourth-order valence-electron chi connectivity index (χ4n) is 10.7. The number of aromatic nitrogens is 4. The van der Waals surface area contributed by atoms with Crippen molar-refractivity contribution in [2.75, 3.05) is 4.90 Å². The summed E-state index contributed by atoms with van der Waals surface area (Å²) in [6, 6.07) is 75.2. The highest BCUT2D eigenvalue weighted by molar-refractivity contribution is 6.14. The summed E-state index contributed by atoms with van der Waals surface area (Å²) >= 11 is 0. The Morgan fingerprint density at radius 1 is 0.435 bits per heavy atom. The van der Waals surface area contributed by atoms with Gasteiger partial charge in [0.1, 0.15) is 11.2 Å². The van der Waals surface area contributed by atoms with Crippen LogP contribution in [0.2, 0.25) is 0 Å². The van der Waals surface area contributed by atoms with E-state index < -0.39 is 0 Å². The summed E-state index contributed by atoms with van der Waals surface area (Å²) < 4.78 is 8.97. The van der Waals surface area contributed by atoms with Gasteiger partial charge in [-0.15, -0.1) is 0 Å². The fraction of sp³-hybridized carbons (Fsp3) is 0.0317. The summed E-state index contributed by atoms with van der Waals surface area (Å²) in [6.45, 7) is 0. The maximum absolute atomic E-state index is 6.57. The average Bonchev–Trinajstić information content (AvgIpc) is 4.08. The van der Waals surface area contributed by atoms with Crippen LogP contribution in [0.15, 0.2) is 241 Å². The van der Waals surface area contributed by atoms with Gasteiger partial charge in [0.25, 0.3) is 0 Å². The third-order valence-corrected chi connectivity index (χ3v) is 13.9. The van der Waals surface area contributed by atoms with Crippen molar-refractivity contribution in [3.05, 3.63) is 242 Å². The molecule has 4 heterocycles. The normalized spacial score (nSPS) is 14.2. The summed E-state index contributed by atoms with van der Waals surface area (Å²) in [5.41, 5.74) is 17.6. The smallest absolute Gasteiger partial charge is 0.164 e. The molecule has 2 aliphatic rings. The number of allylic oxidation sites excluding steroid dienone is 4. The number of anilines is 2. The van der Waals surface area contributed by atoms with Gasteiger partial charge in [0, 0.05) is 66.9 Å². The van der Waals surface area contributed by atoms with E-state index in [0.29, 0.717) is 23.4 Å². The van der Waals surface area contributed by atoms with Crippen molar-refractivity contribution in [2.24, 2.45) is 0 Å². The van der Waals surface area contributed by atoms with E-state index in [-0.39, 0.29) is 0 Å². The third-order valence-electron chi connectivity index (χ3n) is 13.9. The maximum Gasteiger partial charge on any atom is 0.164 e. The topological polar surface area (TPSA) is 60.0 Å². The van der Waals surface area contributed by atoms with Crippen LogP contribution in [0.4, 0.5) is 11.4 Å². The van der Waals surface area contributed by atoms with Crippen molar-refractivity contribution in [3.63, 3.8) is 0 Å². The van der Waals surface area contributed by atoms with E-state index in [1.54, 1.807) is 0 Å². The number of para-hydroxylation sites is 2. The molecule has 0 saturated heterocycles. The Morgan fingerprint density at radius 3 is 1.64 bits per heavy atom. The number of hydrogen-bond acceptors (Lipinski definition) is 5. The Morgan fingerprint density at radius 2 is 0.986 bits per heavy atom. The molecule has 6 nitrogen and oxygen atoms in total. The molecule has 1 aliphatic heterocycles. The molecule has 9 aromatic carbocycles. The molecule has 6 heteroatoms. The van der Waals surface area contributed by atoms with Gasteiger partial charge < -0.3 is 13.9 Å². The minimum Gasteiger partial charge on any atom is -0.456 e. The number of furan rings is 1. The molecule has 0 amide bonds. The Labute approximate surface area is 398 Å². The van der Waals surface area contributed by atoms with Crippen LogP contribution >= 0.6 is 0 Å². The zero-order valence-corrected chi connectivity index (χ0v) is 37.4. The van der Waals surface area contributed by atoms with Crippen LogP contribution in [0.5, 0.6) is 0 Å². The first kappa shape index (κ1) is 39.1. The molecule has 0 spiro atoms. The molecule has 14 rings (SSSR count). The van der Waals surface area contributed by atoms with E-state index in [1.165, 1.54) is 50.1 Å². The van der Waals surface area contributed by atoms with Crippen molar-refractivity contribution in [3.8, 4) is 62.1 Å². The second kappa shape index (κ2) is 15.8. The standard InChI is InChI=1S/C63H41N5O/c1-5-16-40(17-6-1)61-64-62(41-18-7-2-8-19-41)66-63(65-61)49-25-15-27-59-60(49)53-39-45(31-35-58(53)69-59)44-30-34-57-52(38-44)51-37-43(29-33-56(51)68(57)47-22-11-4-12-23-47)42-28-32-55-50(36-42)48-24-13-14-26-54(48)67(55)46-20-9-3-10-21-46/h1-23,25-39,48H,24H2. The molecule has 1 unspecified atom stereocenters. The molecule has 3 aromatic heterocycles. The lowest BCUT2D eigenvalue weighted by molar-refractivity contribution is 0.669. The van der Waals surface area contributed by atoms with Crippen LogP contribution in [0.1, 0.15) is 17.9 Å². The van der Waals surface area contributed by atoms with Crippen molar-refractivity contribution < 1.29 is 4.42 Å². The summed E-state index contributed by atoms with van der Waals surface area (Å²) in [5, 5.41) is 4.37. The Hall–Kier alpha value is -9.13. The molecule has 0 bridgehead atoms. The Balaban J connectivity index is 0.913. The lowest BCUT2D eigenvalue weighted by atomic mass is 9.90. The molecule has 0 radical (unpaired) electrons. The Kier molecular flexibility index (Phi) is 8.92. The van der Waals surface area contributed by atoms with Crippen LogP contribution in [0.25, 0.3) is 106 Å². The molecular formula is C63H41N5O. The van der Waals surface area contributed by atoms with Gasteiger partial charge in [0.15, 0.2) is 17.5 Å². The van der Waals surface area contributed by atoms with Crippen LogP contribution in [-0.2, 0) is 0 Å². The maximum atomic E-state index is 6.57. The quantitative estimate of drug-likeness (QED) is 0.160. The first-order chi connectivity index (χ1) is 34.2. The number of fused-ring (bicyclic) bond motifs is 9. The zero-order valence-electron chi connectivity index (χ0n) is 37.4. The van der Waals surface area contributed by atoms with Crippen molar-refractivity contribution in [2.45, 2.75) is 12.3 Å². The minimum atomic E-state index is 0.313. The average molecular weight is 884 g/mol. The van der Waals surface area contributed by atoms with Gasteiger partial charge >= 0.3 is 0 Å². The van der Waals surface area contributed by atoms with E-state index >= 15 is 0 Å². The lowest BCUT2D eigenvalue weighted by Crippen LogP contribution is -2.14. The van der Waals surface area contributed by atoms with Gasteiger partial charge in [-0.2, -0.15) is 0 Å².